The Hall–Kier alpha value is -2.75. The summed E-state index contributed by atoms with van der Waals surface area (Å²) in [6, 6.07) is 15.4. The molecule has 1 heterocycles. The predicted octanol–water partition coefficient (Wildman–Crippen LogP) is 4.20. The van der Waals surface area contributed by atoms with Gasteiger partial charge in [-0.25, -0.2) is 4.39 Å². The number of hydrogen-bond acceptors (Lipinski definition) is 4. The summed E-state index contributed by atoms with van der Waals surface area (Å²) in [5.74, 6) is -0.503. The normalized spacial score (nSPS) is 17.2. The zero-order valence-electron chi connectivity index (χ0n) is 17.2. The summed E-state index contributed by atoms with van der Waals surface area (Å²) < 4.78 is 25.1. The van der Waals surface area contributed by atoms with Crippen LogP contribution in [0.15, 0.2) is 48.5 Å². The first-order valence-electron chi connectivity index (χ1n) is 10.3. The van der Waals surface area contributed by atoms with Crippen LogP contribution in [-0.2, 0) is 27.4 Å². The average Bonchev–Trinajstić information content (AvgIpc) is 2.78. The molecule has 1 aliphatic heterocycles. The lowest BCUT2D eigenvalue weighted by Gasteiger charge is -2.28. The number of rotatable bonds is 8. The molecule has 30 heavy (non-hydrogen) atoms. The van der Waals surface area contributed by atoms with Gasteiger partial charge in [0.2, 0.25) is 0 Å². The van der Waals surface area contributed by atoms with Gasteiger partial charge >= 0.3 is 0 Å². The number of hydrogen-bond donors (Lipinski definition) is 0. The van der Waals surface area contributed by atoms with E-state index in [1.807, 2.05) is 12.1 Å². The quantitative estimate of drug-likeness (QED) is 0.654. The second kappa shape index (κ2) is 10.9. The van der Waals surface area contributed by atoms with Gasteiger partial charge in [-0.05, 0) is 61.6 Å². The van der Waals surface area contributed by atoms with Crippen molar-refractivity contribution in [2.24, 2.45) is 0 Å². The number of benzene rings is 2. The van der Waals surface area contributed by atoms with Crippen molar-refractivity contribution >= 4 is 5.91 Å². The van der Waals surface area contributed by atoms with E-state index in [2.05, 4.69) is 6.07 Å². The van der Waals surface area contributed by atoms with Crippen LogP contribution in [0, 0.1) is 17.1 Å². The summed E-state index contributed by atoms with van der Waals surface area (Å²) in [5.41, 5.74) is 2.16. The summed E-state index contributed by atoms with van der Waals surface area (Å²) in [4.78, 5) is 14.8. The van der Waals surface area contributed by atoms with E-state index in [1.165, 1.54) is 12.1 Å². The van der Waals surface area contributed by atoms with Crippen LogP contribution in [0.25, 0.3) is 0 Å². The third kappa shape index (κ3) is 6.38. The Morgan fingerprint density at radius 1 is 1.23 bits per heavy atom. The Morgan fingerprint density at radius 2 is 2.00 bits per heavy atom. The molecule has 0 aromatic heterocycles. The van der Waals surface area contributed by atoms with Gasteiger partial charge in [0.15, 0.2) is 0 Å². The maximum Gasteiger partial charge on any atom is 0.252 e. The minimum atomic E-state index is -0.637. The number of carbonyl (C=O) groups excluding carboxylic acids is 1. The maximum absolute atomic E-state index is 13.6. The lowest BCUT2D eigenvalue weighted by molar-refractivity contribution is -0.147. The van der Waals surface area contributed by atoms with E-state index in [-0.39, 0.29) is 24.4 Å². The van der Waals surface area contributed by atoms with Crippen molar-refractivity contribution in [2.45, 2.75) is 51.5 Å². The molecule has 2 unspecified atom stereocenters. The minimum absolute atomic E-state index is 0.0317. The van der Waals surface area contributed by atoms with Crippen LogP contribution in [0.2, 0.25) is 0 Å². The molecule has 6 heteroatoms. The van der Waals surface area contributed by atoms with Crippen LogP contribution in [0.5, 0.6) is 0 Å². The molecule has 0 radical (unpaired) electrons. The van der Waals surface area contributed by atoms with Gasteiger partial charge in [0.1, 0.15) is 11.9 Å². The third-order valence-corrected chi connectivity index (χ3v) is 5.18. The highest BCUT2D eigenvalue weighted by Gasteiger charge is 2.24. The number of nitrogens with zero attached hydrogens (tertiary/aromatic N) is 2. The highest BCUT2D eigenvalue weighted by molar-refractivity contribution is 5.80. The largest absolute Gasteiger partial charge is 0.376 e. The van der Waals surface area contributed by atoms with E-state index in [1.54, 1.807) is 36.1 Å². The first-order chi connectivity index (χ1) is 14.5. The third-order valence-electron chi connectivity index (χ3n) is 5.18. The standard InChI is InChI=1S/C24H27FN2O3/c1-18(30-17-23-7-2-3-12-29-23)24(28)27(16-21-5-4-6-22(25)13-21)15-20-10-8-19(14-26)9-11-20/h4-6,8-11,13,18,23H,2-3,7,12,15-17H2,1H3. The number of ether oxygens (including phenoxy) is 2. The monoisotopic (exact) mass is 410 g/mol. The molecule has 5 nitrogen and oxygen atoms in total. The van der Waals surface area contributed by atoms with Crippen molar-refractivity contribution in [3.63, 3.8) is 0 Å². The van der Waals surface area contributed by atoms with E-state index < -0.39 is 6.10 Å². The molecular weight excluding hydrogens is 383 g/mol. The number of halogens is 1. The van der Waals surface area contributed by atoms with Crippen molar-refractivity contribution in [1.29, 1.82) is 5.26 Å². The zero-order valence-corrected chi connectivity index (χ0v) is 17.2. The van der Waals surface area contributed by atoms with Gasteiger partial charge in [0, 0.05) is 19.7 Å². The van der Waals surface area contributed by atoms with Gasteiger partial charge in [0.25, 0.3) is 5.91 Å². The Kier molecular flexibility index (Phi) is 7.95. The molecular formula is C24H27FN2O3. The highest BCUT2D eigenvalue weighted by Crippen LogP contribution is 2.17. The highest BCUT2D eigenvalue weighted by atomic mass is 19.1. The van der Waals surface area contributed by atoms with Crippen LogP contribution in [0.1, 0.15) is 42.9 Å². The second-order valence-electron chi connectivity index (χ2n) is 7.60. The molecule has 0 aliphatic carbocycles. The molecule has 0 saturated carbocycles. The second-order valence-corrected chi connectivity index (χ2v) is 7.60. The van der Waals surface area contributed by atoms with E-state index >= 15 is 0 Å². The van der Waals surface area contributed by atoms with Crippen LogP contribution >= 0.6 is 0 Å². The van der Waals surface area contributed by atoms with Gasteiger partial charge < -0.3 is 14.4 Å². The lowest BCUT2D eigenvalue weighted by atomic mass is 10.1. The lowest BCUT2D eigenvalue weighted by Crippen LogP contribution is -2.39. The van der Waals surface area contributed by atoms with Crippen molar-refractivity contribution in [2.75, 3.05) is 13.2 Å². The molecule has 2 aromatic rings. The SMILES string of the molecule is CC(OCC1CCCCO1)C(=O)N(Cc1ccc(C#N)cc1)Cc1cccc(F)c1. The number of amides is 1. The fraction of sp³-hybridized carbons (Fsp3) is 0.417. The van der Waals surface area contributed by atoms with E-state index in [0.717, 1.165) is 31.4 Å². The molecule has 1 amide bonds. The summed E-state index contributed by atoms with van der Waals surface area (Å²) in [6.07, 6.45) is 2.52. The maximum atomic E-state index is 13.6. The Balaban J connectivity index is 1.69. The average molecular weight is 410 g/mol. The number of nitriles is 1. The molecule has 2 atom stereocenters. The van der Waals surface area contributed by atoms with E-state index in [9.17, 15) is 9.18 Å². The fourth-order valence-electron chi connectivity index (χ4n) is 3.49. The first kappa shape index (κ1) is 21.9. The molecule has 1 aliphatic rings. The summed E-state index contributed by atoms with van der Waals surface area (Å²) >= 11 is 0. The molecule has 0 N–H and O–H groups in total. The van der Waals surface area contributed by atoms with E-state index in [4.69, 9.17) is 14.7 Å². The van der Waals surface area contributed by atoms with Crippen molar-refractivity contribution in [3.8, 4) is 6.07 Å². The molecule has 1 fully saturated rings. The zero-order chi connectivity index (χ0) is 21.3. The Morgan fingerprint density at radius 3 is 2.67 bits per heavy atom. The van der Waals surface area contributed by atoms with Crippen LogP contribution in [0.4, 0.5) is 4.39 Å². The molecule has 1 saturated heterocycles. The molecule has 3 rings (SSSR count). The van der Waals surface area contributed by atoms with Gasteiger partial charge in [-0.1, -0.05) is 24.3 Å². The van der Waals surface area contributed by atoms with Crippen LogP contribution in [-0.4, -0.2) is 36.2 Å². The van der Waals surface area contributed by atoms with Gasteiger partial charge in [-0.3, -0.25) is 4.79 Å². The molecule has 2 aromatic carbocycles. The summed E-state index contributed by atoms with van der Waals surface area (Å²) in [7, 11) is 0. The Bertz CT molecular complexity index is 873. The van der Waals surface area contributed by atoms with Crippen LogP contribution < -0.4 is 0 Å². The molecule has 0 bridgehead atoms. The van der Waals surface area contributed by atoms with E-state index in [0.29, 0.717) is 24.3 Å². The smallest absolute Gasteiger partial charge is 0.252 e. The fourth-order valence-corrected chi connectivity index (χ4v) is 3.49. The first-order valence-corrected chi connectivity index (χ1v) is 10.3. The van der Waals surface area contributed by atoms with Crippen molar-refractivity contribution < 1.29 is 18.7 Å². The predicted molar refractivity (Wildman–Crippen MR) is 111 cm³/mol. The summed E-state index contributed by atoms with van der Waals surface area (Å²) in [5, 5.41) is 8.98. The minimum Gasteiger partial charge on any atom is -0.376 e. The Labute approximate surface area is 177 Å². The van der Waals surface area contributed by atoms with Gasteiger partial charge in [0.05, 0.1) is 24.3 Å². The summed E-state index contributed by atoms with van der Waals surface area (Å²) in [6.45, 7) is 3.47. The topological polar surface area (TPSA) is 62.6 Å². The molecule has 0 spiro atoms. The number of carbonyl (C=O) groups is 1. The van der Waals surface area contributed by atoms with Gasteiger partial charge in [-0.2, -0.15) is 5.26 Å². The van der Waals surface area contributed by atoms with Crippen LogP contribution in [0.3, 0.4) is 0 Å². The molecule has 158 valence electrons. The van der Waals surface area contributed by atoms with Crippen molar-refractivity contribution in [3.05, 3.63) is 71.0 Å². The van der Waals surface area contributed by atoms with Crippen molar-refractivity contribution in [1.82, 2.24) is 4.90 Å². The van der Waals surface area contributed by atoms with Gasteiger partial charge in [-0.15, -0.1) is 0 Å².